The van der Waals surface area contributed by atoms with E-state index in [2.05, 4.69) is 39.5 Å². The summed E-state index contributed by atoms with van der Waals surface area (Å²) in [4.78, 5) is 4.47. The van der Waals surface area contributed by atoms with Gasteiger partial charge in [0.15, 0.2) is 11.0 Å². The van der Waals surface area contributed by atoms with Gasteiger partial charge in [0.2, 0.25) is 0 Å². The summed E-state index contributed by atoms with van der Waals surface area (Å²) in [7, 11) is 0. The molecule has 0 unspecified atom stereocenters. The van der Waals surface area contributed by atoms with Gasteiger partial charge in [0.1, 0.15) is 17.9 Å². The normalized spacial score (nSPS) is 11.3. The van der Waals surface area contributed by atoms with E-state index in [1.54, 1.807) is 18.0 Å². The molecule has 0 fully saturated rings. The lowest BCUT2D eigenvalue weighted by atomic mass is 10.2. The van der Waals surface area contributed by atoms with Crippen molar-refractivity contribution in [3.8, 4) is 11.4 Å². The van der Waals surface area contributed by atoms with E-state index in [-0.39, 0.29) is 6.61 Å². The van der Waals surface area contributed by atoms with Gasteiger partial charge in [-0.2, -0.15) is 0 Å². The smallest absolute Gasteiger partial charge is 0.196 e. The van der Waals surface area contributed by atoms with Crippen LogP contribution in [0.3, 0.4) is 0 Å². The van der Waals surface area contributed by atoms with Crippen LogP contribution in [-0.2, 0) is 6.61 Å². The number of rotatable bonds is 8. The van der Waals surface area contributed by atoms with Crippen LogP contribution in [0, 0.1) is 0 Å². The second kappa shape index (κ2) is 10.5. The minimum absolute atomic E-state index is 0.256. The predicted molar refractivity (Wildman–Crippen MR) is 139 cm³/mol. The van der Waals surface area contributed by atoms with Crippen molar-refractivity contribution in [3.63, 3.8) is 0 Å². The SMILES string of the molecule is Clc1ccc(-n2c(COc3cccc4cccnc34)nnc2SC/C=C/c2ccccc2)cc1. The maximum absolute atomic E-state index is 6.15. The van der Waals surface area contributed by atoms with E-state index in [0.29, 0.717) is 16.6 Å². The minimum atomic E-state index is 0.256. The number of benzene rings is 3. The zero-order valence-corrected chi connectivity index (χ0v) is 19.8. The Morgan fingerprint density at radius 1 is 0.882 bits per heavy atom. The number of ether oxygens (including phenoxy) is 1. The maximum atomic E-state index is 6.15. The number of nitrogens with zero attached hydrogens (tertiary/aromatic N) is 4. The number of aromatic nitrogens is 4. The molecule has 0 saturated heterocycles. The fourth-order valence-electron chi connectivity index (χ4n) is 3.54. The number of fused-ring (bicyclic) bond motifs is 1. The first kappa shape index (κ1) is 22.2. The highest BCUT2D eigenvalue weighted by molar-refractivity contribution is 7.99. The lowest BCUT2D eigenvalue weighted by Gasteiger charge is -2.12. The van der Waals surface area contributed by atoms with Crippen molar-refractivity contribution in [1.29, 1.82) is 0 Å². The van der Waals surface area contributed by atoms with Crippen molar-refractivity contribution in [2.24, 2.45) is 0 Å². The van der Waals surface area contributed by atoms with E-state index in [4.69, 9.17) is 16.3 Å². The monoisotopic (exact) mass is 484 g/mol. The molecule has 7 heteroatoms. The standard InChI is InChI=1S/C27H21ClN4OS/c28-22-13-15-23(16-14-22)32-25(19-33-24-12-4-10-21-11-5-17-29-26(21)24)30-31-27(32)34-18-6-9-20-7-2-1-3-8-20/h1-17H,18-19H2/b9-6+. The van der Waals surface area contributed by atoms with Gasteiger partial charge in [0.05, 0.1) is 0 Å². The first-order valence-corrected chi connectivity index (χ1v) is 12.2. The van der Waals surface area contributed by atoms with Crippen LogP contribution in [0.1, 0.15) is 11.4 Å². The Hall–Kier alpha value is -3.61. The van der Waals surface area contributed by atoms with Crippen LogP contribution in [0.4, 0.5) is 0 Å². The van der Waals surface area contributed by atoms with Crippen molar-refractivity contribution in [2.45, 2.75) is 11.8 Å². The summed E-state index contributed by atoms with van der Waals surface area (Å²) in [6, 6.07) is 27.7. The summed E-state index contributed by atoms with van der Waals surface area (Å²) in [5.74, 6) is 2.17. The van der Waals surface area contributed by atoms with Crippen molar-refractivity contribution in [2.75, 3.05) is 5.75 Å². The number of hydrogen-bond acceptors (Lipinski definition) is 5. The van der Waals surface area contributed by atoms with E-state index in [1.165, 1.54) is 5.56 Å². The topological polar surface area (TPSA) is 52.8 Å². The number of hydrogen-bond donors (Lipinski definition) is 0. The third kappa shape index (κ3) is 5.14. The molecule has 168 valence electrons. The average molecular weight is 485 g/mol. The average Bonchev–Trinajstić information content (AvgIpc) is 3.29. The van der Waals surface area contributed by atoms with Crippen LogP contribution in [-0.4, -0.2) is 25.5 Å². The van der Waals surface area contributed by atoms with E-state index < -0.39 is 0 Å². The Labute approximate surface area is 207 Å². The maximum Gasteiger partial charge on any atom is 0.196 e. The van der Waals surface area contributed by atoms with Gasteiger partial charge in [-0.15, -0.1) is 10.2 Å². The van der Waals surface area contributed by atoms with Gasteiger partial charge < -0.3 is 4.74 Å². The first-order chi connectivity index (χ1) is 16.8. The summed E-state index contributed by atoms with van der Waals surface area (Å²) >= 11 is 7.74. The largest absolute Gasteiger partial charge is 0.483 e. The number of para-hydroxylation sites is 1. The van der Waals surface area contributed by atoms with E-state index in [1.807, 2.05) is 77.4 Å². The molecule has 0 amide bonds. The van der Waals surface area contributed by atoms with Crippen LogP contribution in [0.2, 0.25) is 5.02 Å². The minimum Gasteiger partial charge on any atom is -0.483 e. The van der Waals surface area contributed by atoms with Crippen LogP contribution in [0.5, 0.6) is 5.75 Å². The van der Waals surface area contributed by atoms with Crippen molar-refractivity contribution < 1.29 is 4.74 Å². The molecule has 3 aromatic carbocycles. The van der Waals surface area contributed by atoms with Crippen LogP contribution in [0.15, 0.2) is 102 Å². The molecule has 5 aromatic rings. The second-order valence-corrected chi connectivity index (χ2v) is 8.88. The molecule has 0 atom stereocenters. The Bertz CT molecular complexity index is 1410. The number of halogens is 1. The number of thioether (sulfide) groups is 1. The molecule has 34 heavy (non-hydrogen) atoms. The number of pyridine rings is 1. The van der Waals surface area contributed by atoms with Gasteiger partial charge in [-0.3, -0.25) is 9.55 Å². The molecule has 0 radical (unpaired) electrons. The summed E-state index contributed by atoms with van der Waals surface area (Å²) < 4.78 is 8.16. The summed E-state index contributed by atoms with van der Waals surface area (Å²) in [6.07, 6.45) is 6.00. The molecule has 2 aromatic heterocycles. The highest BCUT2D eigenvalue weighted by Crippen LogP contribution is 2.27. The van der Waals surface area contributed by atoms with Crippen LogP contribution in [0.25, 0.3) is 22.7 Å². The van der Waals surface area contributed by atoms with Crippen molar-refractivity contribution >= 4 is 40.3 Å². The van der Waals surface area contributed by atoms with Gasteiger partial charge in [-0.25, -0.2) is 0 Å². The molecule has 0 saturated carbocycles. The third-order valence-corrected chi connectivity index (χ3v) is 6.29. The fourth-order valence-corrected chi connectivity index (χ4v) is 4.45. The zero-order valence-electron chi connectivity index (χ0n) is 18.2. The summed E-state index contributed by atoms with van der Waals surface area (Å²) in [6.45, 7) is 0.256. The Morgan fingerprint density at radius 2 is 1.71 bits per heavy atom. The molecular weight excluding hydrogens is 464 g/mol. The summed E-state index contributed by atoms with van der Waals surface area (Å²) in [5, 5.41) is 11.4. The van der Waals surface area contributed by atoms with Crippen molar-refractivity contribution in [3.05, 3.63) is 114 Å². The second-order valence-electron chi connectivity index (χ2n) is 7.45. The molecule has 0 N–H and O–H groups in total. The van der Waals surface area contributed by atoms with Gasteiger partial charge in [-0.1, -0.05) is 84.0 Å². The van der Waals surface area contributed by atoms with Crippen LogP contribution >= 0.6 is 23.4 Å². The fraction of sp³-hybridized carbons (Fsp3) is 0.0741. The molecule has 0 aliphatic heterocycles. The van der Waals surface area contributed by atoms with Gasteiger partial charge in [0.25, 0.3) is 0 Å². The Kier molecular flexibility index (Phi) is 6.89. The van der Waals surface area contributed by atoms with Gasteiger partial charge in [-0.05, 0) is 42.0 Å². The summed E-state index contributed by atoms with van der Waals surface area (Å²) in [5.41, 5.74) is 2.92. The first-order valence-electron chi connectivity index (χ1n) is 10.8. The highest BCUT2D eigenvalue weighted by Gasteiger charge is 2.15. The van der Waals surface area contributed by atoms with E-state index in [0.717, 1.165) is 27.5 Å². The molecule has 0 aliphatic carbocycles. The Morgan fingerprint density at radius 3 is 2.56 bits per heavy atom. The zero-order chi connectivity index (χ0) is 23.2. The molecule has 5 nitrogen and oxygen atoms in total. The van der Waals surface area contributed by atoms with Crippen LogP contribution < -0.4 is 4.74 Å². The van der Waals surface area contributed by atoms with Crippen molar-refractivity contribution in [1.82, 2.24) is 19.7 Å². The van der Waals surface area contributed by atoms with E-state index in [9.17, 15) is 0 Å². The molecule has 2 heterocycles. The molecule has 0 spiro atoms. The molecule has 0 bridgehead atoms. The molecule has 0 aliphatic rings. The van der Waals surface area contributed by atoms with Gasteiger partial charge in [0, 0.05) is 28.0 Å². The predicted octanol–water partition coefficient (Wildman–Crippen LogP) is 6.85. The lowest BCUT2D eigenvalue weighted by Crippen LogP contribution is -2.07. The Balaban J connectivity index is 1.38. The van der Waals surface area contributed by atoms with Gasteiger partial charge >= 0.3 is 0 Å². The lowest BCUT2D eigenvalue weighted by molar-refractivity contribution is 0.296. The molecule has 5 rings (SSSR count). The third-order valence-electron chi connectivity index (χ3n) is 5.16. The van der Waals surface area contributed by atoms with E-state index >= 15 is 0 Å². The molecular formula is C27H21ClN4OS. The highest BCUT2D eigenvalue weighted by atomic mass is 35.5. The quantitative estimate of drug-likeness (QED) is 0.225.